The summed E-state index contributed by atoms with van der Waals surface area (Å²) in [5, 5.41) is 0. The number of hydrogen-bond donors (Lipinski definition) is 0. The molecule has 55 valence electrons. The first-order chi connectivity index (χ1) is 4.31. The van der Waals surface area contributed by atoms with Gasteiger partial charge in [0.15, 0.2) is 0 Å². The first-order valence-electron chi connectivity index (χ1n) is 3.57. The molecule has 0 spiro atoms. The lowest BCUT2D eigenvalue weighted by Gasteiger charge is -2.09. The van der Waals surface area contributed by atoms with Crippen molar-refractivity contribution in [3.63, 3.8) is 0 Å². The predicted molar refractivity (Wildman–Crippen MR) is 38.3 cm³/mol. The van der Waals surface area contributed by atoms with Crippen molar-refractivity contribution in [1.82, 2.24) is 5.73 Å². The molecule has 0 fully saturated rings. The largest absolute Gasteiger partial charge is 0.377 e. The van der Waals surface area contributed by atoms with Crippen LogP contribution in [0, 0.1) is 0 Å². The van der Waals surface area contributed by atoms with Crippen LogP contribution in [-0.2, 0) is 4.74 Å². The fraction of sp³-hybridized carbons (Fsp3) is 1.00. The second kappa shape index (κ2) is 6.05. The molecule has 1 radical (unpaired) electrons. The standard InChI is InChI=1S/C7H16NO/c1-3-4-7(2)9-6-5-8/h7-8H,3-6H2,1-2H3. The molecular weight excluding hydrogens is 114 g/mol. The van der Waals surface area contributed by atoms with E-state index in [9.17, 15) is 0 Å². The molecule has 0 aliphatic heterocycles. The van der Waals surface area contributed by atoms with E-state index in [0.29, 0.717) is 19.3 Å². The maximum atomic E-state index is 6.80. The van der Waals surface area contributed by atoms with Crippen molar-refractivity contribution in [3.8, 4) is 0 Å². The van der Waals surface area contributed by atoms with Crippen molar-refractivity contribution in [3.05, 3.63) is 0 Å². The van der Waals surface area contributed by atoms with Gasteiger partial charge in [0.25, 0.3) is 0 Å². The van der Waals surface area contributed by atoms with E-state index in [4.69, 9.17) is 10.5 Å². The highest BCUT2D eigenvalue weighted by molar-refractivity contribution is 4.47. The van der Waals surface area contributed by atoms with E-state index in [2.05, 4.69) is 13.8 Å². The highest BCUT2D eigenvalue weighted by Crippen LogP contribution is 1.98. The van der Waals surface area contributed by atoms with E-state index in [1.54, 1.807) is 0 Å². The zero-order valence-corrected chi connectivity index (χ0v) is 6.31. The van der Waals surface area contributed by atoms with E-state index >= 15 is 0 Å². The van der Waals surface area contributed by atoms with E-state index in [1.807, 2.05) is 0 Å². The second-order valence-electron chi connectivity index (χ2n) is 2.22. The highest BCUT2D eigenvalue weighted by atomic mass is 16.5. The number of rotatable bonds is 5. The van der Waals surface area contributed by atoms with Gasteiger partial charge in [0, 0.05) is 6.54 Å². The lowest BCUT2D eigenvalue weighted by molar-refractivity contribution is 0.0649. The van der Waals surface area contributed by atoms with Gasteiger partial charge in [-0.3, -0.25) is 5.73 Å². The summed E-state index contributed by atoms with van der Waals surface area (Å²) in [6.45, 7) is 5.16. The minimum atomic E-state index is 0.348. The van der Waals surface area contributed by atoms with Crippen LogP contribution in [0.1, 0.15) is 26.7 Å². The summed E-state index contributed by atoms with van der Waals surface area (Å²) >= 11 is 0. The summed E-state index contributed by atoms with van der Waals surface area (Å²) < 4.78 is 5.24. The zero-order chi connectivity index (χ0) is 7.11. The Labute approximate surface area is 57.4 Å². The van der Waals surface area contributed by atoms with Gasteiger partial charge in [-0.05, 0) is 13.3 Å². The Balaban J connectivity index is 2.95. The fourth-order valence-electron chi connectivity index (χ4n) is 0.750. The minimum Gasteiger partial charge on any atom is -0.377 e. The van der Waals surface area contributed by atoms with Gasteiger partial charge >= 0.3 is 0 Å². The maximum Gasteiger partial charge on any atom is 0.0608 e. The number of ether oxygens (including phenoxy) is 1. The van der Waals surface area contributed by atoms with Gasteiger partial charge in [0.2, 0.25) is 0 Å². The third-order valence-corrected chi connectivity index (χ3v) is 1.20. The number of nitrogens with one attached hydrogen (secondary N) is 1. The first kappa shape index (κ1) is 8.92. The first-order valence-corrected chi connectivity index (χ1v) is 3.57. The average Bonchev–Trinajstić information content (AvgIpc) is 1.85. The molecule has 0 aromatic heterocycles. The van der Waals surface area contributed by atoms with Crippen LogP contribution in [0.4, 0.5) is 0 Å². The Kier molecular flexibility index (Phi) is 5.99. The molecule has 9 heavy (non-hydrogen) atoms. The van der Waals surface area contributed by atoms with E-state index in [-0.39, 0.29) is 0 Å². The van der Waals surface area contributed by atoms with Crippen molar-refractivity contribution in [2.75, 3.05) is 13.2 Å². The summed E-state index contributed by atoms with van der Waals surface area (Å²) in [4.78, 5) is 0. The van der Waals surface area contributed by atoms with Crippen molar-refractivity contribution in [2.45, 2.75) is 32.8 Å². The van der Waals surface area contributed by atoms with Gasteiger partial charge in [-0.25, -0.2) is 0 Å². The summed E-state index contributed by atoms with van der Waals surface area (Å²) in [7, 11) is 0. The second-order valence-corrected chi connectivity index (χ2v) is 2.22. The van der Waals surface area contributed by atoms with Crippen LogP contribution in [0.3, 0.4) is 0 Å². The molecule has 1 unspecified atom stereocenters. The van der Waals surface area contributed by atoms with Gasteiger partial charge in [-0.2, -0.15) is 0 Å². The normalized spacial score (nSPS) is 13.7. The van der Waals surface area contributed by atoms with Crippen LogP contribution in [0.5, 0.6) is 0 Å². The Morgan fingerprint density at radius 3 is 2.67 bits per heavy atom. The monoisotopic (exact) mass is 130 g/mol. The predicted octanol–water partition coefficient (Wildman–Crippen LogP) is 1.47. The third kappa shape index (κ3) is 5.80. The van der Waals surface area contributed by atoms with Crippen LogP contribution in [0.2, 0.25) is 0 Å². The van der Waals surface area contributed by atoms with Gasteiger partial charge in [0.05, 0.1) is 12.7 Å². The van der Waals surface area contributed by atoms with Crippen molar-refractivity contribution >= 4 is 0 Å². The van der Waals surface area contributed by atoms with Gasteiger partial charge in [-0.15, -0.1) is 0 Å². The molecule has 1 N–H and O–H groups in total. The van der Waals surface area contributed by atoms with E-state index < -0.39 is 0 Å². The average molecular weight is 130 g/mol. The van der Waals surface area contributed by atoms with Gasteiger partial charge < -0.3 is 4.74 Å². The van der Waals surface area contributed by atoms with Crippen molar-refractivity contribution in [2.24, 2.45) is 0 Å². The molecule has 0 rings (SSSR count). The molecule has 0 aromatic carbocycles. The van der Waals surface area contributed by atoms with Crippen molar-refractivity contribution < 1.29 is 4.74 Å². The summed E-state index contributed by atoms with van der Waals surface area (Å²) in [6.07, 6.45) is 2.62. The van der Waals surface area contributed by atoms with E-state index in [1.165, 1.54) is 6.42 Å². The van der Waals surface area contributed by atoms with Crippen LogP contribution in [0.15, 0.2) is 0 Å². The van der Waals surface area contributed by atoms with Crippen LogP contribution >= 0.6 is 0 Å². The van der Waals surface area contributed by atoms with Crippen LogP contribution in [-0.4, -0.2) is 19.3 Å². The fourth-order valence-corrected chi connectivity index (χ4v) is 0.750. The van der Waals surface area contributed by atoms with Crippen LogP contribution in [0.25, 0.3) is 0 Å². The van der Waals surface area contributed by atoms with Gasteiger partial charge in [-0.1, -0.05) is 13.3 Å². The summed E-state index contributed by atoms with van der Waals surface area (Å²) in [6, 6.07) is 0. The summed E-state index contributed by atoms with van der Waals surface area (Å²) in [5.41, 5.74) is 6.80. The zero-order valence-electron chi connectivity index (χ0n) is 6.31. The minimum absolute atomic E-state index is 0.348. The van der Waals surface area contributed by atoms with Crippen LogP contribution < -0.4 is 5.73 Å². The molecule has 1 atom stereocenters. The lowest BCUT2D eigenvalue weighted by Crippen LogP contribution is -2.11. The highest BCUT2D eigenvalue weighted by Gasteiger charge is 1.97. The number of hydrogen-bond acceptors (Lipinski definition) is 1. The Morgan fingerprint density at radius 2 is 2.22 bits per heavy atom. The Bertz CT molecular complexity index is 56.9. The third-order valence-electron chi connectivity index (χ3n) is 1.20. The molecule has 0 bridgehead atoms. The van der Waals surface area contributed by atoms with Gasteiger partial charge in [0.1, 0.15) is 0 Å². The molecule has 0 amide bonds. The molecule has 0 saturated heterocycles. The Hall–Kier alpha value is -0.0800. The lowest BCUT2D eigenvalue weighted by atomic mass is 10.2. The molecule has 2 nitrogen and oxygen atoms in total. The quantitative estimate of drug-likeness (QED) is 0.554. The SMILES string of the molecule is CCCC(C)OCC[NH]. The molecule has 0 heterocycles. The smallest absolute Gasteiger partial charge is 0.0608 e. The molecule has 0 saturated carbocycles. The molecular formula is C7H16NO. The molecule has 0 aliphatic rings. The summed E-state index contributed by atoms with van der Waals surface area (Å²) in [5.74, 6) is 0. The molecule has 0 aliphatic carbocycles. The molecule has 2 heteroatoms. The molecule has 0 aromatic rings. The topological polar surface area (TPSA) is 33.0 Å². The van der Waals surface area contributed by atoms with Crippen molar-refractivity contribution in [1.29, 1.82) is 0 Å². The Morgan fingerprint density at radius 1 is 1.56 bits per heavy atom. The maximum absolute atomic E-state index is 6.80. The van der Waals surface area contributed by atoms with E-state index in [0.717, 1.165) is 6.42 Å².